The van der Waals surface area contributed by atoms with Crippen molar-refractivity contribution in [2.75, 3.05) is 57.9 Å². The van der Waals surface area contributed by atoms with Crippen LogP contribution in [0.15, 0.2) is 42.5 Å². The summed E-state index contributed by atoms with van der Waals surface area (Å²) in [4.78, 5) is 49.7. The van der Waals surface area contributed by atoms with Crippen molar-refractivity contribution in [2.24, 2.45) is 0 Å². The van der Waals surface area contributed by atoms with E-state index < -0.39 is 11.9 Å². The Morgan fingerprint density at radius 1 is 1.09 bits per heavy atom. The summed E-state index contributed by atoms with van der Waals surface area (Å²) < 4.78 is 21.9. The number of hydrogen-bond acceptors (Lipinski definition) is 8. The van der Waals surface area contributed by atoms with Gasteiger partial charge in [0.1, 0.15) is 0 Å². The molecule has 2 aliphatic rings. The average molecular weight is 610 g/mol. The van der Waals surface area contributed by atoms with Crippen molar-refractivity contribution in [3.63, 3.8) is 0 Å². The van der Waals surface area contributed by atoms with Gasteiger partial charge in [-0.3, -0.25) is 0 Å². The van der Waals surface area contributed by atoms with E-state index in [-0.39, 0.29) is 44.6 Å². The molecule has 230 valence electrons. The number of carbonyl (C=O) groups is 3. The van der Waals surface area contributed by atoms with Gasteiger partial charge in [0.15, 0.2) is 0 Å². The molecule has 0 saturated carbocycles. The van der Waals surface area contributed by atoms with Gasteiger partial charge in [-0.1, -0.05) is 19.4 Å². The predicted molar refractivity (Wildman–Crippen MR) is 164 cm³/mol. The first-order valence-corrected chi connectivity index (χ1v) is 15.7. The molecule has 3 amide bonds. The number of benzene rings is 1. The molecule has 0 spiro atoms. The predicted octanol–water partition coefficient (Wildman–Crippen LogP) is 4.18. The van der Waals surface area contributed by atoms with Crippen LogP contribution >= 0.6 is 7.92 Å². The molecule has 3 heterocycles. The van der Waals surface area contributed by atoms with Crippen LogP contribution in [0.2, 0.25) is 0 Å². The van der Waals surface area contributed by atoms with Gasteiger partial charge in [-0.25, -0.2) is 0 Å². The molecule has 1 aromatic heterocycles. The van der Waals surface area contributed by atoms with Crippen molar-refractivity contribution in [1.82, 2.24) is 20.1 Å². The normalized spacial score (nSPS) is 17.3. The maximum absolute atomic E-state index is 13.7. The number of nitrogens with one attached hydrogen (secondary N) is 1. The zero-order chi connectivity index (χ0) is 30.6. The van der Waals surface area contributed by atoms with Crippen LogP contribution in [0.4, 0.5) is 10.5 Å². The Morgan fingerprint density at radius 3 is 2.51 bits per heavy atom. The van der Waals surface area contributed by atoms with Crippen molar-refractivity contribution >= 4 is 31.5 Å². The Kier molecular flexibility index (Phi) is 12.2. The monoisotopic (exact) mass is 609 g/mol. The first-order chi connectivity index (χ1) is 20.9. The molecule has 1 aromatic carbocycles. The standard InChI is InChI=1S/C31H40N5O6P/c1-3-4-18-42-31(39)35-16-14-34(15-17-35)30(38)26(11-8-19-43-40)33-29(37)28-21-24(36-13-12-25(22-36)41-2)20-27(32-28)23-9-6-5-7-10-23/h5-7,9-10,20-21,25-26H,3-4,8,11-18,22H2,1-2H3,(H,33,37)/t25-,26-/m0/s1. The van der Waals surface area contributed by atoms with E-state index in [1.165, 1.54) is 0 Å². The summed E-state index contributed by atoms with van der Waals surface area (Å²) in [6.07, 6.45) is 2.83. The molecule has 0 bridgehead atoms. The summed E-state index contributed by atoms with van der Waals surface area (Å²) in [6.45, 7) is 5.23. The van der Waals surface area contributed by atoms with Crippen molar-refractivity contribution in [2.45, 2.75) is 51.2 Å². The Hall–Kier alpha value is -3.65. The number of aromatic nitrogens is 1. The van der Waals surface area contributed by atoms with Crippen molar-refractivity contribution in [3.8, 4) is 16.9 Å². The molecular formula is C31H40N5O6P. The average Bonchev–Trinajstić information content (AvgIpc) is 3.54. The third kappa shape index (κ3) is 8.92. The number of ether oxygens (including phenoxy) is 2. The molecule has 2 atom stereocenters. The second kappa shape index (κ2) is 16.3. The second-order valence-corrected chi connectivity index (χ2v) is 11.1. The quantitative estimate of drug-likeness (QED) is 0.298. The molecule has 4 rings (SSSR count). The number of piperazine rings is 1. The van der Waals surface area contributed by atoms with E-state index in [0.29, 0.717) is 45.0 Å². The number of amides is 3. The number of methoxy groups -OCH3 is 1. The molecule has 2 saturated heterocycles. The number of carbonyl (C=O) groups excluding carboxylic acids is 3. The fourth-order valence-corrected chi connectivity index (χ4v) is 5.42. The minimum absolute atomic E-state index is 0.110. The van der Waals surface area contributed by atoms with Crippen LogP contribution in [0.25, 0.3) is 11.3 Å². The van der Waals surface area contributed by atoms with Crippen LogP contribution < -0.4 is 10.2 Å². The Morgan fingerprint density at radius 2 is 1.84 bits per heavy atom. The maximum atomic E-state index is 13.7. The zero-order valence-electron chi connectivity index (χ0n) is 24.9. The van der Waals surface area contributed by atoms with E-state index in [4.69, 9.17) is 9.47 Å². The van der Waals surface area contributed by atoms with Crippen molar-refractivity contribution < 1.29 is 28.4 Å². The van der Waals surface area contributed by atoms with Crippen LogP contribution in [0.3, 0.4) is 0 Å². The molecule has 1 N–H and O–H groups in total. The van der Waals surface area contributed by atoms with E-state index in [9.17, 15) is 18.9 Å². The number of pyridine rings is 1. The topological polar surface area (TPSA) is 121 Å². The molecular weight excluding hydrogens is 569 g/mol. The molecule has 0 unspecified atom stereocenters. The molecule has 0 radical (unpaired) electrons. The molecule has 11 nitrogen and oxygen atoms in total. The third-order valence-corrected chi connectivity index (χ3v) is 8.09. The molecule has 2 aliphatic heterocycles. The summed E-state index contributed by atoms with van der Waals surface area (Å²) in [5, 5.41) is 2.89. The van der Waals surface area contributed by atoms with Crippen LogP contribution in [0.5, 0.6) is 0 Å². The van der Waals surface area contributed by atoms with Crippen LogP contribution in [0.1, 0.15) is 49.5 Å². The fraction of sp³-hybridized carbons (Fsp3) is 0.516. The van der Waals surface area contributed by atoms with Crippen LogP contribution in [-0.4, -0.2) is 97.8 Å². The summed E-state index contributed by atoms with van der Waals surface area (Å²) >= 11 is 0. The van der Waals surface area contributed by atoms with Gasteiger partial charge in [0, 0.05) is 7.11 Å². The van der Waals surface area contributed by atoms with E-state index in [1.54, 1.807) is 23.0 Å². The number of rotatable bonds is 11. The number of unbranched alkanes of at least 4 members (excludes halogenated alkanes) is 1. The number of anilines is 1. The Bertz CT molecular complexity index is 1360. The van der Waals surface area contributed by atoms with Gasteiger partial charge < -0.3 is 4.74 Å². The summed E-state index contributed by atoms with van der Waals surface area (Å²) in [6, 6.07) is 12.5. The van der Waals surface area contributed by atoms with Crippen LogP contribution in [0, 0.1) is 5.63 Å². The van der Waals surface area contributed by atoms with Gasteiger partial charge in [-0.05, 0) is 6.42 Å². The van der Waals surface area contributed by atoms with E-state index in [1.807, 2.05) is 43.3 Å². The van der Waals surface area contributed by atoms with Crippen LogP contribution in [-0.2, 0) is 18.8 Å². The number of hydrogen-bond donors (Lipinski definition) is 1. The van der Waals surface area contributed by atoms with Gasteiger partial charge in [0.2, 0.25) is 0 Å². The van der Waals surface area contributed by atoms with Gasteiger partial charge >= 0.3 is 216 Å². The molecule has 2 aromatic rings. The number of nitrogens with zero attached hydrogens (tertiary/aromatic N) is 4. The fourth-order valence-electron chi connectivity index (χ4n) is 5.20. The van der Waals surface area contributed by atoms with Gasteiger partial charge in [-0.15, -0.1) is 0 Å². The van der Waals surface area contributed by atoms with E-state index >= 15 is 0 Å². The first-order valence-electron chi connectivity index (χ1n) is 14.8. The van der Waals surface area contributed by atoms with Gasteiger partial charge in [0.05, 0.1) is 0 Å². The third-order valence-electron chi connectivity index (χ3n) is 7.74. The Balaban J connectivity index is 1.50. The molecule has 12 heteroatoms. The second-order valence-electron chi connectivity index (χ2n) is 10.6. The summed E-state index contributed by atoms with van der Waals surface area (Å²) in [5.74, 6) is -0.740. The van der Waals surface area contributed by atoms with E-state index in [2.05, 4.69) is 20.8 Å². The molecule has 0 aliphatic carbocycles. The summed E-state index contributed by atoms with van der Waals surface area (Å²) in [5.41, 5.74) is 5.26. The molecule has 2 fully saturated rings. The van der Waals surface area contributed by atoms with Gasteiger partial charge in [-0.2, -0.15) is 0 Å². The zero-order valence-corrected chi connectivity index (χ0v) is 25.8. The van der Waals surface area contributed by atoms with Gasteiger partial charge in [0.25, 0.3) is 0 Å². The van der Waals surface area contributed by atoms with E-state index in [0.717, 1.165) is 37.1 Å². The molecule has 43 heavy (non-hydrogen) atoms. The summed E-state index contributed by atoms with van der Waals surface area (Å²) in [7, 11) is 1.44. The SMILES string of the molecule is CCCCOC(=O)N1CCN(C(=O)[C@H](CCC#P=O)NC(=O)c2cc(N3CC[C@H](OC)C3)cc(-c3ccccc3)n2)CC1. The Labute approximate surface area is 254 Å². The van der Waals surface area contributed by atoms with Crippen molar-refractivity contribution in [3.05, 3.63) is 48.2 Å². The van der Waals surface area contributed by atoms with Crippen molar-refractivity contribution in [1.29, 1.82) is 0 Å². The minimum atomic E-state index is -0.875. The first kappa shape index (κ1) is 32.3.